The zero-order valence-corrected chi connectivity index (χ0v) is 41.5. The van der Waals surface area contributed by atoms with Crippen LogP contribution in [0.1, 0.15) is 22.3 Å². The summed E-state index contributed by atoms with van der Waals surface area (Å²) >= 11 is 19.1. The number of nitrogens with zero attached hydrogens (tertiary/aromatic N) is 4. The van der Waals surface area contributed by atoms with E-state index in [4.69, 9.17) is 55.9 Å². The number of benzene rings is 8. The van der Waals surface area contributed by atoms with Gasteiger partial charge in [0.1, 0.15) is 23.0 Å². The third kappa shape index (κ3) is 20.2. The summed E-state index contributed by atoms with van der Waals surface area (Å²) in [5.41, 5.74) is 5.07. The van der Waals surface area contributed by atoms with Gasteiger partial charge in [0.2, 0.25) is 0 Å². The SMILES string of the molecule is ClCCl.ClCCl.[Cu+2].[Cu+2].[O-]c1ccccc1C=Nc1ccc(Oc2ccc(N=Cc3ccccc3[O-])cc2)cc1.[O-]c1ccccc1C=Nc1ccc(Oc2ccc(N=Cc3ccccc3[O-])cc2)cc1. The first-order valence-corrected chi connectivity index (χ1v) is 22.5. The zero-order chi connectivity index (χ0) is 48.4. The summed E-state index contributed by atoms with van der Waals surface area (Å²) in [5, 5.41) is 47.3. The molecule has 0 aliphatic heterocycles. The Morgan fingerprint density at radius 3 is 0.643 bits per heavy atom. The Balaban J connectivity index is 0.000000325. The van der Waals surface area contributed by atoms with Crippen molar-refractivity contribution in [3.63, 3.8) is 0 Å². The minimum atomic E-state index is -0.0591. The van der Waals surface area contributed by atoms with Crippen molar-refractivity contribution in [2.75, 3.05) is 10.7 Å². The number of hydrogen-bond acceptors (Lipinski definition) is 10. The Labute approximate surface area is 447 Å². The molecule has 16 heteroatoms. The van der Waals surface area contributed by atoms with Gasteiger partial charge in [0.05, 0.1) is 33.4 Å². The van der Waals surface area contributed by atoms with Crippen LogP contribution >= 0.6 is 46.4 Å². The molecule has 2 radical (unpaired) electrons. The predicted molar refractivity (Wildman–Crippen MR) is 272 cm³/mol. The van der Waals surface area contributed by atoms with Gasteiger partial charge in [-0.2, -0.15) is 0 Å². The molecule has 0 heterocycles. The van der Waals surface area contributed by atoms with Gasteiger partial charge < -0.3 is 29.9 Å². The molecule has 8 aromatic carbocycles. The average Bonchev–Trinajstić information content (AvgIpc) is 3.35. The second kappa shape index (κ2) is 32.3. The van der Waals surface area contributed by atoms with Gasteiger partial charge in [-0.25, -0.2) is 0 Å². The normalized spacial score (nSPS) is 10.5. The van der Waals surface area contributed by atoms with E-state index in [1.165, 1.54) is 24.3 Å². The molecule has 8 aromatic rings. The third-order valence-corrected chi connectivity index (χ3v) is 8.91. The van der Waals surface area contributed by atoms with Gasteiger partial charge in [0, 0.05) is 24.9 Å². The van der Waals surface area contributed by atoms with Crippen molar-refractivity contribution in [2.24, 2.45) is 20.0 Å². The van der Waals surface area contributed by atoms with E-state index in [1.54, 1.807) is 97.7 Å². The van der Waals surface area contributed by atoms with Crippen molar-refractivity contribution in [3.8, 4) is 46.0 Å². The van der Waals surface area contributed by atoms with Crippen LogP contribution in [0.2, 0.25) is 0 Å². The van der Waals surface area contributed by atoms with Crippen LogP contribution in [0.25, 0.3) is 0 Å². The second-order valence-corrected chi connectivity index (χ2v) is 15.2. The van der Waals surface area contributed by atoms with Gasteiger partial charge in [0.25, 0.3) is 0 Å². The molecule has 0 aliphatic carbocycles. The fraction of sp³-hybridized carbons (Fsp3) is 0.0370. The first kappa shape index (κ1) is 57.8. The summed E-state index contributed by atoms with van der Waals surface area (Å²) in [7, 11) is 0. The van der Waals surface area contributed by atoms with E-state index in [1.807, 2.05) is 97.1 Å². The molecule has 0 saturated heterocycles. The molecule has 0 atom stereocenters. The number of alkyl halides is 4. The topological polar surface area (TPSA) is 160 Å². The number of halogens is 4. The van der Waals surface area contributed by atoms with Crippen LogP contribution in [-0.2, 0) is 34.1 Å². The smallest absolute Gasteiger partial charge is 0.872 e. The molecule has 0 aliphatic rings. The molecule has 0 bridgehead atoms. The van der Waals surface area contributed by atoms with Crippen LogP contribution < -0.4 is 29.9 Å². The largest absolute Gasteiger partial charge is 2.00 e. The molecule has 362 valence electrons. The molecule has 10 nitrogen and oxygen atoms in total. The summed E-state index contributed by atoms with van der Waals surface area (Å²) in [5.74, 6) is 2.43. The van der Waals surface area contributed by atoms with Crippen LogP contribution in [0.5, 0.6) is 46.0 Å². The summed E-state index contributed by atoms with van der Waals surface area (Å²) < 4.78 is 11.7. The molecular weight excluding hydrogens is 1070 g/mol. The summed E-state index contributed by atoms with van der Waals surface area (Å²) in [6.07, 6.45) is 6.23. The molecule has 0 fully saturated rings. The van der Waals surface area contributed by atoms with E-state index >= 15 is 0 Å². The maximum absolute atomic E-state index is 11.7. The Morgan fingerprint density at radius 1 is 0.300 bits per heavy atom. The summed E-state index contributed by atoms with van der Waals surface area (Å²) in [6.45, 7) is 0. The van der Waals surface area contributed by atoms with Crippen molar-refractivity contribution in [1.82, 2.24) is 0 Å². The van der Waals surface area contributed by atoms with Gasteiger partial charge in [-0.15, -0.1) is 69.4 Å². The monoisotopic (exact) mass is 1110 g/mol. The molecule has 70 heavy (non-hydrogen) atoms. The maximum Gasteiger partial charge on any atom is 2.00 e. The molecule has 0 saturated carbocycles. The zero-order valence-electron chi connectivity index (χ0n) is 36.6. The van der Waals surface area contributed by atoms with E-state index in [0.29, 0.717) is 45.3 Å². The van der Waals surface area contributed by atoms with Gasteiger partial charge in [0.15, 0.2) is 0 Å². The minimum absolute atomic E-state index is 0. The van der Waals surface area contributed by atoms with Crippen molar-refractivity contribution in [1.29, 1.82) is 0 Å². The summed E-state index contributed by atoms with van der Waals surface area (Å²) in [4.78, 5) is 17.3. The van der Waals surface area contributed by atoms with Crippen LogP contribution in [0.15, 0.2) is 214 Å². The number of ether oxygens (including phenoxy) is 2. The molecule has 0 unspecified atom stereocenters. The van der Waals surface area contributed by atoms with E-state index in [2.05, 4.69) is 20.0 Å². The van der Waals surface area contributed by atoms with Gasteiger partial charge in [-0.1, -0.05) is 97.1 Å². The predicted octanol–water partition coefficient (Wildman–Crippen LogP) is 13.1. The van der Waals surface area contributed by atoms with E-state index < -0.39 is 0 Å². The van der Waals surface area contributed by atoms with Crippen LogP contribution in [0, 0.1) is 0 Å². The quantitative estimate of drug-likeness (QED) is 0.0672. The molecule has 0 aromatic heterocycles. The number of aliphatic imine (C=N–C) groups is 4. The molecule has 0 amide bonds. The second-order valence-electron chi connectivity index (χ2n) is 13.6. The van der Waals surface area contributed by atoms with Crippen molar-refractivity contribution in [3.05, 3.63) is 216 Å². The maximum atomic E-state index is 11.7. The fourth-order valence-corrected chi connectivity index (χ4v) is 5.60. The number of hydrogen-bond donors (Lipinski definition) is 0. The van der Waals surface area contributed by atoms with Crippen molar-refractivity contribution >= 4 is 94.0 Å². The van der Waals surface area contributed by atoms with Crippen LogP contribution in [-0.4, -0.2) is 35.5 Å². The van der Waals surface area contributed by atoms with Crippen molar-refractivity contribution in [2.45, 2.75) is 0 Å². The molecular formula is C54H40Cl4Cu2N4O6. The number of para-hydroxylation sites is 4. The van der Waals surface area contributed by atoms with Crippen LogP contribution in [0.3, 0.4) is 0 Å². The minimum Gasteiger partial charge on any atom is -0.872 e. The number of rotatable bonds is 12. The van der Waals surface area contributed by atoms with E-state index in [0.717, 1.165) is 22.7 Å². The van der Waals surface area contributed by atoms with Gasteiger partial charge >= 0.3 is 34.1 Å². The van der Waals surface area contributed by atoms with E-state index in [9.17, 15) is 20.4 Å². The molecule has 8 rings (SSSR count). The third-order valence-electron chi connectivity index (χ3n) is 8.91. The fourth-order valence-electron chi connectivity index (χ4n) is 5.60. The summed E-state index contributed by atoms with van der Waals surface area (Å²) in [6, 6.07) is 56.1. The van der Waals surface area contributed by atoms with Gasteiger partial charge in [-0.3, -0.25) is 20.0 Å². The first-order chi connectivity index (χ1) is 33.2. The van der Waals surface area contributed by atoms with Gasteiger partial charge in [-0.05, 0) is 119 Å². The first-order valence-electron chi connectivity index (χ1n) is 20.4. The Hall–Kier alpha value is -6.56. The average molecular weight is 1110 g/mol. The molecule has 0 N–H and O–H groups in total. The Kier molecular flexibility index (Phi) is 26.6. The standard InChI is InChI=1S/2C26H20N2O3.2CH2Cl2.2Cu/c2*29-25-7-3-1-5-19(25)17-27-21-9-13-23(14-10-21)31-24-15-11-22(12-16-24)28-18-20-6-2-4-8-26(20)30;2*2-1-3;;/h2*1-18,29-30H;2*1H2;;/q;;;;2*+2/p-4. The van der Waals surface area contributed by atoms with E-state index in [-0.39, 0.29) is 67.8 Å². The van der Waals surface area contributed by atoms with Crippen LogP contribution in [0.4, 0.5) is 22.7 Å². The molecule has 0 spiro atoms. The Morgan fingerprint density at radius 2 is 0.471 bits per heavy atom. The van der Waals surface area contributed by atoms with Crippen molar-refractivity contribution < 1.29 is 64.0 Å². The Bertz CT molecular complexity index is 2500.